The van der Waals surface area contributed by atoms with Gasteiger partial charge in [-0.2, -0.15) is 17.8 Å². The summed E-state index contributed by atoms with van der Waals surface area (Å²) in [7, 11) is -0.549. The molecular weight excluding hydrogens is 216 g/mol. The van der Waals surface area contributed by atoms with Crippen LogP contribution < -0.4 is 4.72 Å². The van der Waals surface area contributed by atoms with Gasteiger partial charge in [-0.3, -0.25) is 9.82 Å². The molecule has 0 unspecified atom stereocenters. The quantitative estimate of drug-likeness (QED) is 0.804. The van der Waals surface area contributed by atoms with E-state index in [0.717, 1.165) is 10.00 Å². The Labute approximate surface area is 89.9 Å². The lowest BCUT2D eigenvalue weighted by Gasteiger charge is -2.10. The van der Waals surface area contributed by atoms with Crippen LogP contribution in [0.3, 0.4) is 0 Å². The standard InChI is InChI=1S/C8H16N4O2S/c1-6(2)7-5-8(10-9-7)11-15(13,14)12(3)4/h5-6H,1-4H3,(H2,9,10,11). The van der Waals surface area contributed by atoms with Crippen LogP contribution in [-0.4, -0.2) is 37.0 Å². The third kappa shape index (κ3) is 2.93. The summed E-state index contributed by atoms with van der Waals surface area (Å²) in [5, 5.41) is 6.63. The van der Waals surface area contributed by atoms with Crippen LogP contribution in [-0.2, 0) is 10.2 Å². The van der Waals surface area contributed by atoms with Crippen molar-refractivity contribution in [2.75, 3.05) is 18.8 Å². The van der Waals surface area contributed by atoms with Crippen molar-refractivity contribution in [2.45, 2.75) is 19.8 Å². The molecule has 1 rings (SSSR count). The van der Waals surface area contributed by atoms with E-state index in [1.807, 2.05) is 13.8 Å². The Kier molecular flexibility index (Phi) is 3.35. The molecule has 0 aliphatic rings. The lowest BCUT2D eigenvalue weighted by molar-refractivity contribution is 0.526. The first-order valence-electron chi connectivity index (χ1n) is 4.58. The van der Waals surface area contributed by atoms with Crippen molar-refractivity contribution in [3.05, 3.63) is 11.8 Å². The molecule has 86 valence electrons. The van der Waals surface area contributed by atoms with E-state index in [4.69, 9.17) is 0 Å². The van der Waals surface area contributed by atoms with Gasteiger partial charge in [-0.1, -0.05) is 13.8 Å². The maximum absolute atomic E-state index is 11.4. The molecule has 0 saturated carbocycles. The van der Waals surface area contributed by atoms with Crippen LogP contribution in [0.15, 0.2) is 6.07 Å². The normalized spacial score (nSPS) is 12.4. The predicted octanol–water partition coefficient (Wildman–Crippen LogP) is 0.751. The number of hydrogen-bond acceptors (Lipinski definition) is 3. The van der Waals surface area contributed by atoms with Crippen LogP contribution in [0.2, 0.25) is 0 Å². The third-order valence-corrected chi connectivity index (χ3v) is 3.36. The van der Waals surface area contributed by atoms with Crippen molar-refractivity contribution in [3.8, 4) is 0 Å². The number of H-pyrrole nitrogens is 1. The van der Waals surface area contributed by atoms with Gasteiger partial charge in [0.25, 0.3) is 0 Å². The van der Waals surface area contributed by atoms with E-state index < -0.39 is 10.2 Å². The zero-order chi connectivity index (χ0) is 11.6. The molecule has 0 aromatic carbocycles. The highest BCUT2D eigenvalue weighted by molar-refractivity contribution is 7.90. The maximum atomic E-state index is 11.4. The zero-order valence-electron chi connectivity index (χ0n) is 9.27. The molecule has 1 aromatic heterocycles. The van der Waals surface area contributed by atoms with E-state index in [1.165, 1.54) is 14.1 Å². The molecule has 2 N–H and O–H groups in total. The minimum atomic E-state index is -3.46. The summed E-state index contributed by atoms with van der Waals surface area (Å²) in [6.45, 7) is 4.00. The largest absolute Gasteiger partial charge is 0.302 e. The van der Waals surface area contributed by atoms with Crippen LogP contribution in [0, 0.1) is 0 Å². The molecule has 0 fully saturated rings. The summed E-state index contributed by atoms with van der Waals surface area (Å²) in [5.74, 6) is 0.600. The Hall–Kier alpha value is -1.08. The van der Waals surface area contributed by atoms with Gasteiger partial charge in [0.2, 0.25) is 0 Å². The second-order valence-corrected chi connectivity index (χ2v) is 5.64. The molecule has 0 bridgehead atoms. The molecule has 1 aromatic rings. The Balaban J connectivity index is 2.82. The molecule has 0 amide bonds. The number of hydrogen-bond donors (Lipinski definition) is 2. The number of anilines is 1. The first-order valence-corrected chi connectivity index (χ1v) is 6.02. The molecule has 6 nitrogen and oxygen atoms in total. The van der Waals surface area contributed by atoms with E-state index in [2.05, 4.69) is 14.9 Å². The number of aromatic nitrogens is 2. The lowest BCUT2D eigenvalue weighted by atomic mass is 10.1. The van der Waals surface area contributed by atoms with E-state index in [-0.39, 0.29) is 5.92 Å². The smallest absolute Gasteiger partial charge is 0.280 e. The van der Waals surface area contributed by atoms with E-state index in [0.29, 0.717) is 5.82 Å². The van der Waals surface area contributed by atoms with Crippen molar-refractivity contribution >= 4 is 16.0 Å². The minimum Gasteiger partial charge on any atom is -0.280 e. The van der Waals surface area contributed by atoms with Gasteiger partial charge in [0.1, 0.15) is 0 Å². The fourth-order valence-corrected chi connectivity index (χ4v) is 1.46. The molecule has 0 spiro atoms. The van der Waals surface area contributed by atoms with Crippen molar-refractivity contribution in [2.24, 2.45) is 0 Å². The Morgan fingerprint density at radius 3 is 2.47 bits per heavy atom. The summed E-state index contributed by atoms with van der Waals surface area (Å²) < 4.78 is 26.3. The molecule has 15 heavy (non-hydrogen) atoms. The monoisotopic (exact) mass is 232 g/mol. The molecule has 0 saturated heterocycles. The number of aromatic amines is 1. The van der Waals surface area contributed by atoms with Gasteiger partial charge in [-0.05, 0) is 5.92 Å². The molecular formula is C8H16N4O2S. The van der Waals surface area contributed by atoms with Gasteiger partial charge in [-0.15, -0.1) is 0 Å². The van der Waals surface area contributed by atoms with Gasteiger partial charge in [0.15, 0.2) is 5.82 Å². The summed E-state index contributed by atoms with van der Waals surface area (Å²) in [5.41, 5.74) is 0.895. The van der Waals surface area contributed by atoms with Crippen molar-refractivity contribution in [1.82, 2.24) is 14.5 Å². The van der Waals surface area contributed by atoms with Crippen LogP contribution in [0.25, 0.3) is 0 Å². The Morgan fingerprint density at radius 2 is 2.07 bits per heavy atom. The van der Waals surface area contributed by atoms with Gasteiger partial charge in [0.05, 0.1) is 0 Å². The molecule has 0 atom stereocenters. The molecule has 7 heteroatoms. The zero-order valence-corrected chi connectivity index (χ0v) is 10.1. The highest BCUT2D eigenvalue weighted by Gasteiger charge is 2.15. The Bertz CT molecular complexity index is 422. The van der Waals surface area contributed by atoms with Crippen molar-refractivity contribution < 1.29 is 8.42 Å². The summed E-state index contributed by atoms with van der Waals surface area (Å²) in [6, 6.07) is 1.69. The summed E-state index contributed by atoms with van der Waals surface area (Å²) >= 11 is 0. The second kappa shape index (κ2) is 4.19. The predicted molar refractivity (Wildman–Crippen MR) is 58.9 cm³/mol. The molecule has 0 radical (unpaired) electrons. The molecule has 0 aliphatic heterocycles. The first kappa shape index (κ1) is 12.0. The number of rotatable bonds is 4. The summed E-state index contributed by atoms with van der Waals surface area (Å²) in [6.07, 6.45) is 0. The number of nitrogens with one attached hydrogen (secondary N) is 2. The van der Waals surface area contributed by atoms with Crippen LogP contribution in [0.5, 0.6) is 0 Å². The van der Waals surface area contributed by atoms with Crippen molar-refractivity contribution in [3.63, 3.8) is 0 Å². The third-order valence-electron chi connectivity index (χ3n) is 1.93. The lowest BCUT2D eigenvalue weighted by Crippen LogP contribution is -2.29. The number of nitrogens with zero attached hydrogens (tertiary/aromatic N) is 2. The van der Waals surface area contributed by atoms with E-state index in [1.54, 1.807) is 6.07 Å². The van der Waals surface area contributed by atoms with Crippen LogP contribution >= 0.6 is 0 Å². The SMILES string of the molecule is CC(C)c1cc(NS(=O)(=O)N(C)C)n[nH]1. The Morgan fingerprint density at radius 1 is 1.47 bits per heavy atom. The van der Waals surface area contributed by atoms with Gasteiger partial charge in [-0.25, -0.2) is 0 Å². The highest BCUT2D eigenvalue weighted by Crippen LogP contribution is 2.15. The average molecular weight is 232 g/mol. The van der Waals surface area contributed by atoms with Gasteiger partial charge >= 0.3 is 10.2 Å². The fraction of sp³-hybridized carbons (Fsp3) is 0.625. The first-order chi connectivity index (χ1) is 6.83. The topological polar surface area (TPSA) is 78.1 Å². The highest BCUT2D eigenvalue weighted by atomic mass is 32.2. The van der Waals surface area contributed by atoms with Gasteiger partial charge < -0.3 is 0 Å². The van der Waals surface area contributed by atoms with Gasteiger partial charge in [0, 0.05) is 25.9 Å². The van der Waals surface area contributed by atoms with Crippen LogP contribution in [0.1, 0.15) is 25.5 Å². The molecule has 0 aliphatic carbocycles. The van der Waals surface area contributed by atoms with Crippen LogP contribution in [0.4, 0.5) is 5.82 Å². The maximum Gasteiger partial charge on any atom is 0.302 e. The average Bonchev–Trinajstić information content (AvgIpc) is 2.51. The second-order valence-electron chi connectivity index (χ2n) is 3.75. The summed E-state index contributed by atoms with van der Waals surface area (Å²) in [4.78, 5) is 0. The molecule has 1 heterocycles. The van der Waals surface area contributed by atoms with Crippen molar-refractivity contribution in [1.29, 1.82) is 0 Å². The fourth-order valence-electron chi connectivity index (χ4n) is 0.908. The van der Waals surface area contributed by atoms with E-state index >= 15 is 0 Å². The van der Waals surface area contributed by atoms with E-state index in [9.17, 15) is 8.42 Å². The minimum absolute atomic E-state index is 0.287.